The number of rotatable bonds is 7. The lowest BCUT2D eigenvalue weighted by Gasteiger charge is -2.53. The van der Waals surface area contributed by atoms with Crippen LogP contribution in [-0.2, 0) is 9.09 Å². The van der Waals surface area contributed by atoms with E-state index in [-0.39, 0.29) is 0 Å². The molecule has 122 valence electrons. The second-order valence-electron chi connectivity index (χ2n) is 4.34. The van der Waals surface area contributed by atoms with Crippen LogP contribution in [0.1, 0.15) is 33.6 Å². The Hall–Kier alpha value is 2.61. The smallest absolute Gasteiger partial charge is 0.303 e. The number of phosphoric acid groups is 1. The predicted molar refractivity (Wildman–Crippen MR) is 97.4 cm³/mol. The highest BCUT2D eigenvalue weighted by Gasteiger charge is 2.68. The molecule has 0 spiro atoms. The Balaban J connectivity index is 6.11. The molecule has 0 aliphatic carbocycles. The summed E-state index contributed by atoms with van der Waals surface area (Å²) >= 11 is 26.3. The summed E-state index contributed by atoms with van der Waals surface area (Å²) in [6.45, 7) is 5.35. The first kappa shape index (κ1) is 22.6. The van der Waals surface area contributed by atoms with Crippen LogP contribution in [0.5, 0.6) is 0 Å². The van der Waals surface area contributed by atoms with Crippen molar-refractivity contribution in [1.82, 2.24) is 0 Å². The zero-order chi connectivity index (χ0) is 16.6. The Kier molecular flexibility index (Phi) is 8.18. The monoisotopic (exact) mass is 604 g/mol. The lowest BCUT2D eigenvalue weighted by molar-refractivity contribution is 0.0441. The van der Waals surface area contributed by atoms with Gasteiger partial charge in [0.2, 0.25) is 4.52 Å². The predicted octanol–water partition coefficient (Wildman–Crippen LogP) is 6.03. The standard InChI is InChI=1S/C9H15Br4Cl2O4P/c1-4-7(10,11)6(3,8(12,13)5-2)9(14,15)19-20(16,17)18/h4-5H2,1-3H3,(H2,16,17,18). The SMILES string of the molecule is CCC(Br)(Br)C(C)(C(Br)(Br)CC)C(Cl)(Cl)OP(=O)(O)O. The van der Waals surface area contributed by atoms with E-state index in [1.54, 1.807) is 6.92 Å². The van der Waals surface area contributed by atoms with Crippen molar-refractivity contribution >= 4 is 94.7 Å². The molecule has 0 bridgehead atoms. The third-order valence-electron chi connectivity index (χ3n) is 3.17. The number of halogens is 6. The van der Waals surface area contributed by atoms with Gasteiger partial charge in [-0.1, -0.05) is 101 Å². The second kappa shape index (κ2) is 7.24. The van der Waals surface area contributed by atoms with Crippen LogP contribution in [0.2, 0.25) is 0 Å². The minimum absolute atomic E-state index is 0.508. The number of hydrogen-bond acceptors (Lipinski definition) is 2. The van der Waals surface area contributed by atoms with Crippen molar-refractivity contribution in [1.29, 1.82) is 0 Å². The maximum absolute atomic E-state index is 11.2. The van der Waals surface area contributed by atoms with Crippen molar-refractivity contribution in [2.75, 3.05) is 0 Å². The fraction of sp³-hybridized carbons (Fsp3) is 1.00. The third-order valence-corrected chi connectivity index (χ3v) is 10.2. The van der Waals surface area contributed by atoms with Crippen molar-refractivity contribution < 1.29 is 18.9 Å². The molecule has 0 aliphatic heterocycles. The van der Waals surface area contributed by atoms with E-state index in [0.29, 0.717) is 12.8 Å². The summed E-state index contributed by atoms with van der Waals surface area (Å²) in [5, 5.41) is 0. The molecule has 0 fully saturated rings. The van der Waals surface area contributed by atoms with Crippen molar-refractivity contribution in [3.63, 3.8) is 0 Å². The zero-order valence-electron chi connectivity index (χ0n) is 10.8. The fourth-order valence-electron chi connectivity index (χ4n) is 1.64. The van der Waals surface area contributed by atoms with Crippen molar-refractivity contribution in [2.24, 2.45) is 5.41 Å². The van der Waals surface area contributed by atoms with Gasteiger partial charge in [0.15, 0.2) is 0 Å². The van der Waals surface area contributed by atoms with Crippen LogP contribution in [0.3, 0.4) is 0 Å². The fourth-order valence-corrected chi connectivity index (χ4v) is 7.75. The molecule has 0 atom stereocenters. The molecule has 0 heterocycles. The van der Waals surface area contributed by atoms with Crippen LogP contribution in [0.15, 0.2) is 0 Å². The molecule has 0 aromatic heterocycles. The van der Waals surface area contributed by atoms with Gasteiger partial charge in [-0.3, -0.25) is 0 Å². The normalized spacial score (nSPS) is 15.6. The molecule has 0 saturated carbocycles. The van der Waals surface area contributed by atoms with Crippen molar-refractivity contribution in [3.8, 4) is 0 Å². The molecule has 0 radical (unpaired) electrons. The zero-order valence-corrected chi connectivity index (χ0v) is 19.6. The molecule has 0 aromatic rings. The lowest BCUT2D eigenvalue weighted by Crippen LogP contribution is -2.59. The maximum Gasteiger partial charge on any atom is 0.472 e. The summed E-state index contributed by atoms with van der Waals surface area (Å²) < 4.78 is 11.9. The van der Waals surface area contributed by atoms with Crippen LogP contribution in [0.25, 0.3) is 0 Å². The van der Waals surface area contributed by atoms with E-state index < -0.39 is 24.2 Å². The number of phosphoric ester groups is 1. The van der Waals surface area contributed by atoms with Gasteiger partial charge in [-0.05, 0) is 19.8 Å². The molecule has 0 aromatic carbocycles. The van der Waals surface area contributed by atoms with Gasteiger partial charge in [0.05, 0.1) is 11.9 Å². The molecule has 0 rings (SSSR count). The summed E-state index contributed by atoms with van der Waals surface area (Å²) in [6.07, 6.45) is 1.02. The van der Waals surface area contributed by atoms with E-state index in [4.69, 9.17) is 33.0 Å². The number of hydrogen-bond donors (Lipinski definition) is 2. The summed E-state index contributed by atoms with van der Waals surface area (Å²) in [6, 6.07) is 0. The molecule has 0 unspecified atom stereocenters. The van der Waals surface area contributed by atoms with Crippen LogP contribution in [-0.4, -0.2) is 20.8 Å². The van der Waals surface area contributed by atoms with Crippen molar-refractivity contribution in [3.05, 3.63) is 0 Å². The Bertz CT molecular complexity index is 383. The number of alkyl halides is 6. The van der Waals surface area contributed by atoms with Gasteiger partial charge in [0, 0.05) is 0 Å². The van der Waals surface area contributed by atoms with Crippen LogP contribution in [0.4, 0.5) is 0 Å². The van der Waals surface area contributed by atoms with E-state index in [1.165, 1.54) is 0 Å². The maximum atomic E-state index is 11.2. The van der Waals surface area contributed by atoms with Crippen LogP contribution < -0.4 is 0 Å². The quantitative estimate of drug-likeness (QED) is 0.274. The van der Waals surface area contributed by atoms with Crippen molar-refractivity contribution in [2.45, 2.75) is 44.6 Å². The van der Waals surface area contributed by atoms with Gasteiger partial charge < -0.3 is 9.79 Å². The second-order valence-corrected chi connectivity index (χ2v) is 14.3. The van der Waals surface area contributed by atoms with E-state index in [2.05, 4.69) is 68.2 Å². The first-order chi connectivity index (χ1) is 8.58. The summed E-state index contributed by atoms with van der Waals surface area (Å²) in [5.41, 5.74) is -1.22. The third kappa shape index (κ3) is 4.58. The van der Waals surface area contributed by atoms with Gasteiger partial charge in [-0.2, -0.15) is 0 Å². The molecule has 4 nitrogen and oxygen atoms in total. The van der Waals surface area contributed by atoms with Gasteiger partial charge in [-0.25, -0.2) is 9.09 Å². The van der Waals surface area contributed by atoms with E-state index in [1.807, 2.05) is 13.8 Å². The van der Waals surface area contributed by atoms with E-state index >= 15 is 0 Å². The molecular weight excluding hydrogens is 594 g/mol. The lowest BCUT2D eigenvalue weighted by atomic mass is 9.81. The van der Waals surface area contributed by atoms with E-state index in [9.17, 15) is 4.57 Å². The Labute approximate surface area is 162 Å². The molecule has 0 aliphatic rings. The Morgan fingerprint density at radius 2 is 1.35 bits per heavy atom. The van der Waals surface area contributed by atoms with Crippen LogP contribution in [0, 0.1) is 5.41 Å². The summed E-state index contributed by atoms with van der Waals surface area (Å²) in [4.78, 5) is 18.1. The highest BCUT2D eigenvalue weighted by molar-refractivity contribution is 9.26. The Morgan fingerprint density at radius 3 is 1.55 bits per heavy atom. The van der Waals surface area contributed by atoms with Gasteiger partial charge in [0.1, 0.15) is 0 Å². The first-order valence-electron chi connectivity index (χ1n) is 5.47. The topological polar surface area (TPSA) is 66.8 Å². The molecule has 2 N–H and O–H groups in total. The van der Waals surface area contributed by atoms with Gasteiger partial charge >= 0.3 is 7.82 Å². The first-order valence-corrected chi connectivity index (χ1v) is 10.9. The molecule has 0 saturated heterocycles. The highest BCUT2D eigenvalue weighted by atomic mass is 79.9. The average molecular weight is 609 g/mol. The average Bonchev–Trinajstić information content (AvgIpc) is 2.23. The highest BCUT2D eigenvalue weighted by Crippen LogP contribution is 2.69. The molecule has 11 heteroatoms. The Morgan fingerprint density at radius 1 is 1.05 bits per heavy atom. The van der Waals surface area contributed by atoms with Gasteiger partial charge in [-0.15, -0.1) is 0 Å². The summed E-state index contributed by atoms with van der Waals surface area (Å²) in [5.74, 6) is 0. The summed E-state index contributed by atoms with van der Waals surface area (Å²) in [7, 11) is -4.89. The van der Waals surface area contributed by atoms with Crippen LogP contribution >= 0.6 is 94.7 Å². The molecule has 20 heavy (non-hydrogen) atoms. The van der Waals surface area contributed by atoms with E-state index in [0.717, 1.165) is 0 Å². The molecular formula is C9H15Br4Cl2O4P. The largest absolute Gasteiger partial charge is 0.472 e. The van der Waals surface area contributed by atoms with Gasteiger partial charge in [0.25, 0.3) is 0 Å². The minimum atomic E-state index is -4.89. The minimum Gasteiger partial charge on any atom is -0.303 e. The molecule has 0 amide bonds.